The first-order valence-electron chi connectivity index (χ1n) is 8.78. The molecule has 0 unspecified atom stereocenters. The van der Waals surface area contributed by atoms with Gasteiger partial charge in [0.1, 0.15) is 0 Å². The molecule has 3 heterocycles. The lowest BCUT2D eigenvalue weighted by atomic mass is 10.2. The molecular weight excluding hydrogens is 366 g/mol. The SMILES string of the molecule is Cc1nc(Cl)ncc1Cn1cc(CC(=O)N[C@@H]2CCc3c2ncn3C)cn1. The third kappa shape index (κ3) is 3.71. The Morgan fingerprint density at radius 2 is 2.22 bits per heavy atom. The van der Waals surface area contributed by atoms with E-state index in [0.717, 1.165) is 35.4 Å². The molecule has 1 aliphatic rings. The Morgan fingerprint density at radius 1 is 1.37 bits per heavy atom. The van der Waals surface area contributed by atoms with Crippen molar-refractivity contribution >= 4 is 17.5 Å². The Morgan fingerprint density at radius 3 is 3.04 bits per heavy atom. The van der Waals surface area contributed by atoms with Gasteiger partial charge < -0.3 is 9.88 Å². The van der Waals surface area contributed by atoms with Gasteiger partial charge in [-0.25, -0.2) is 15.0 Å². The highest BCUT2D eigenvalue weighted by molar-refractivity contribution is 6.28. The van der Waals surface area contributed by atoms with E-state index in [4.69, 9.17) is 11.6 Å². The molecule has 0 saturated carbocycles. The van der Waals surface area contributed by atoms with Gasteiger partial charge in [0, 0.05) is 36.4 Å². The van der Waals surface area contributed by atoms with Crippen LogP contribution >= 0.6 is 11.6 Å². The molecule has 140 valence electrons. The van der Waals surface area contributed by atoms with Gasteiger partial charge in [0.05, 0.1) is 37.2 Å². The normalized spacial score (nSPS) is 15.7. The number of nitrogens with one attached hydrogen (secondary N) is 1. The number of rotatable bonds is 5. The van der Waals surface area contributed by atoms with Gasteiger partial charge >= 0.3 is 0 Å². The number of hydrogen-bond acceptors (Lipinski definition) is 5. The number of nitrogens with zero attached hydrogens (tertiary/aromatic N) is 6. The highest BCUT2D eigenvalue weighted by Gasteiger charge is 2.27. The molecule has 0 radical (unpaired) electrons. The highest BCUT2D eigenvalue weighted by atomic mass is 35.5. The highest BCUT2D eigenvalue weighted by Crippen LogP contribution is 2.29. The molecule has 0 aromatic carbocycles. The van der Waals surface area contributed by atoms with Crippen molar-refractivity contribution in [1.82, 2.24) is 34.6 Å². The zero-order valence-electron chi connectivity index (χ0n) is 15.2. The standard InChI is InChI=1S/C18H20ClN7O/c1-11-13(7-20-18(19)23-11)9-26-8-12(6-22-26)5-16(27)24-14-3-4-15-17(14)21-10-25(15)2/h6-8,10,14H,3-5,9H2,1-2H3,(H,24,27)/t14-/m1/s1. The summed E-state index contributed by atoms with van der Waals surface area (Å²) in [6.45, 7) is 2.42. The second-order valence-electron chi connectivity index (χ2n) is 6.82. The molecule has 27 heavy (non-hydrogen) atoms. The predicted octanol–water partition coefficient (Wildman–Crippen LogP) is 1.76. The molecule has 0 saturated heterocycles. The topological polar surface area (TPSA) is 90.5 Å². The van der Waals surface area contributed by atoms with Gasteiger partial charge in [0.15, 0.2) is 0 Å². The average Bonchev–Trinajstić information content (AvgIpc) is 3.31. The largest absolute Gasteiger partial charge is 0.347 e. The summed E-state index contributed by atoms with van der Waals surface area (Å²) >= 11 is 5.79. The van der Waals surface area contributed by atoms with E-state index in [1.165, 1.54) is 5.69 Å². The number of imidazole rings is 1. The maximum Gasteiger partial charge on any atom is 0.225 e. The Balaban J connectivity index is 1.37. The maximum atomic E-state index is 12.4. The maximum absolute atomic E-state index is 12.4. The number of fused-ring (bicyclic) bond motifs is 1. The van der Waals surface area contributed by atoms with E-state index >= 15 is 0 Å². The second-order valence-corrected chi connectivity index (χ2v) is 7.16. The second kappa shape index (κ2) is 7.11. The predicted molar refractivity (Wildman–Crippen MR) is 99.2 cm³/mol. The summed E-state index contributed by atoms with van der Waals surface area (Å²) < 4.78 is 3.79. The Kier molecular flexibility index (Phi) is 4.65. The smallest absolute Gasteiger partial charge is 0.225 e. The molecular formula is C18H20ClN7O. The molecule has 1 aliphatic carbocycles. The fourth-order valence-electron chi connectivity index (χ4n) is 3.44. The number of aromatic nitrogens is 6. The number of carbonyl (C=O) groups excluding carboxylic acids is 1. The van der Waals surface area contributed by atoms with Crippen LogP contribution in [-0.2, 0) is 31.2 Å². The van der Waals surface area contributed by atoms with Crippen molar-refractivity contribution in [2.24, 2.45) is 7.05 Å². The fourth-order valence-corrected chi connectivity index (χ4v) is 3.61. The third-order valence-electron chi connectivity index (χ3n) is 4.86. The first-order chi connectivity index (χ1) is 13.0. The van der Waals surface area contributed by atoms with Crippen LogP contribution in [0.4, 0.5) is 0 Å². The molecule has 4 rings (SSSR count). The summed E-state index contributed by atoms with van der Waals surface area (Å²) in [6, 6.07) is -0.00221. The molecule has 0 aliphatic heterocycles. The average molecular weight is 386 g/mol. The van der Waals surface area contributed by atoms with Crippen molar-refractivity contribution in [2.75, 3.05) is 0 Å². The first kappa shape index (κ1) is 17.7. The van der Waals surface area contributed by atoms with E-state index in [0.29, 0.717) is 6.54 Å². The minimum absolute atomic E-state index is 0.00221. The number of carbonyl (C=O) groups is 1. The van der Waals surface area contributed by atoms with Crippen LogP contribution in [0.2, 0.25) is 5.28 Å². The molecule has 0 bridgehead atoms. The van der Waals surface area contributed by atoms with Gasteiger partial charge in [-0.3, -0.25) is 9.48 Å². The van der Waals surface area contributed by atoms with E-state index in [1.807, 2.05) is 24.7 Å². The lowest BCUT2D eigenvalue weighted by molar-refractivity contribution is -0.121. The van der Waals surface area contributed by atoms with Crippen molar-refractivity contribution in [3.63, 3.8) is 0 Å². The van der Waals surface area contributed by atoms with Crippen molar-refractivity contribution in [1.29, 1.82) is 0 Å². The molecule has 1 N–H and O–H groups in total. The van der Waals surface area contributed by atoms with Crippen LogP contribution in [0.1, 0.15) is 40.7 Å². The first-order valence-corrected chi connectivity index (χ1v) is 9.16. The van der Waals surface area contributed by atoms with Gasteiger partial charge in [-0.2, -0.15) is 5.10 Å². The summed E-state index contributed by atoms with van der Waals surface area (Å²) in [5.74, 6) is -0.0240. The summed E-state index contributed by atoms with van der Waals surface area (Å²) in [6.07, 6.45) is 9.21. The molecule has 1 amide bonds. The van der Waals surface area contributed by atoms with Gasteiger partial charge in [-0.15, -0.1) is 0 Å². The number of hydrogen-bond donors (Lipinski definition) is 1. The zero-order valence-corrected chi connectivity index (χ0v) is 15.9. The van der Waals surface area contributed by atoms with Crippen LogP contribution in [-0.4, -0.2) is 35.2 Å². The van der Waals surface area contributed by atoms with E-state index in [9.17, 15) is 4.79 Å². The summed E-state index contributed by atoms with van der Waals surface area (Å²) in [7, 11) is 1.98. The van der Waals surface area contributed by atoms with Crippen LogP contribution in [0, 0.1) is 6.92 Å². The minimum atomic E-state index is -0.0240. The van der Waals surface area contributed by atoms with E-state index in [-0.39, 0.29) is 23.7 Å². The van der Waals surface area contributed by atoms with Gasteiger partial charge in [0.25, 0.3) is 0 Å². The monoisotopic (exact) mass is 385 g/mol. The van der Waals surface area contributed by atoms with Gasteiger partial charge in [0.2, 0.25) is 11.2 Å². The molecule has 1 atom stereocenters. The quantitative estimate of drug-likeness (QED) is 0.676. The number of aryl methyl sites for hydroxylation is 2. The minimum Gasteiger partial charge on any atom is -0.347 e. The van der Waals surface area contributed by atoms with Crippen LogP contribution in [0.5, 0.6) is 0 Å². The van der Waals surface area contributed by atoms with E-state index < -0.39 is 0 Å². The van der Waals surface area contributed by atoms with Crippen LogP contribution < -0.4 is 5.32 Å². The zero-order chi connectivity index (χ0) is 19.0. The summed E-state index contributed by atoms with van der Waals surface area (Å²) in [5, 5.41) is 7.65. The summed E-state index contributed by atoms with van der Waals surface area (Å²) in [5.41, 5.74) is 4.80. The van der Waals surface area contributed by atoms with Crippen molar-refractivity contribution in [3.8, 4) is 0 Å². The van der Waals surface area contributed by atoms with Crippen LogP contribution in [0.3, 0.4) is 0 Å². The molecule has 0 fully saturated rings. The Bertz CT molecular complexity index is 994. The Labute approximate surface area is 161 Å². The third-order valence-corrected chi connectivity index (χ3v) is 5.04. The van der Waals surface area contributed by atoms with Crippen molar-refractivity contribution in [3.05, 3.63) is 58.4 Å². The summed E-state index contributed by atoms with van der Waals surface area (Å²) in [4.78, 5) is 25.0. The van der Waals surface area contributed by atoms with Crippen LogP contribution in [0.25, 0.3) is 0 Å². The number of amides is 1. The van der Waals surface area contributed by atoms with Gasteiger partial charge in [-0.05, 0) is 36.9 Å². The van der Waals surface area contributed by atoms with Crippen molar-refractivity contribution in [2.45, 2.75) is 38.8 Å². The lowest BCUT2D eigenvalue weighted by Crippen LogP contribution is -2.28. The van der Waals surface area contributed by atoms with Crippen LogP contribution in [0.15, 0.2) is 24.9 Å². The van der Waals surface area contributed by atoms with Crippen molar-refractivity contribution < 1.29 is 4.79 Å². The van der Waals surface area contributed by atoms with E-state index in [1.54, 1.807) is 23.4 Å². The molecule has 3 aromatic heterocycles. The van der Waals surface area contributed by atoms with Gasteiger partial charge in [-0.1, -0.05) is 0 Å². The Hall–Kier alpha value is -2.74. The molecule has 0 spiro atoms. The molecule has 3 aromatic rings. The lowest BCUT2D eigenvalue weighted by Gasteiger charge is -2.11. The molecule has 9 heteroatoms. The number of halogens is 1. The van der Waals surface area contributed by atoms with E-state index in [2.05, 4.69) is 25.4 Å². The molecule has 8 nitrogen and oxygen atoms in total. The fraction of sp³-hybridized carbons (Fsp3) is 0.389.